The van der Waals surface area contributed by atoms with Gasteiger partial charge in [0.05, 0.1) is 0 Å². The Morgan fingerprint density at radius 2 is 1.73 bits per heavy atom. The molecule has 1 saturated carbocycles. The van der Waals surface area contributed by atoms with Gasteiger partial charge in [-0.05, 0) is 42.2 Å². The van der Waals surface area contributed by atoms with Crippen LogP contribution in [0.5, 0.6) is 0 Å². The van der Waals surface area contributed by atoms with Crippen LogP contribution in [0.3, 0.4) is 0 Å². The fourth-order valence-corrected chi connectivity index (χ4v) is 2.72. The van der Waals surface area contributed by atoms with Crippen molar-refractivity contribution in [3.63, 3.8) is 0 Å². The average Bonchev–Trinajstić information content (AvgIpc) is 2.24. The molecule has 0 heterocycles. The van der Waals surface area contributed by atoms with Crippen LogP contribution in [-0.2, 0) is 12.8 Å². The highest BCUT2D eigenvalue weighted by molar-refractivity contribution is 6.18. The first kappa shape index (κ1) is 11.0. The number of hydrogen-bond acceptors (Lipinski definition) is 0. The maximum atomic E-state index is 6.07. The Balaban J connectivity index is 2.03. The van der Waals surface area contributed by atoms with Crippen LogP contribution in [0.2, 0.25) is 0 Å². The third-order valence-corrected chi connectivity index (χ3v) is 4.27. The van der Waals surface area contributed by atoms with E-state index >= 15 is 0 Å². The second-order valence-electron chi connectivity index (χ2n) is 4.83. The molecule has 1 heteroatoms. The number of halogens is 1. The van der Waals surface area contributed by atoms with E-state index in [9.17, 15) is 0 Å². The molecule has 1 aliphatic rings. The molecule has 1 aromatic carbocycles. The Morgan fingerprint density at radius 1 is 1.13 bits per heavy atom. The van der Waals surface area contributed by atoms with Crippen molar-refractivity contribution in [2.45, 2.75) is 39.0 Å². The fraction of sp³-hybridized carbons (Fsp3) is 0.571. The van der Waals surface area contributed by atoms with E-state index in [1.54, 1.807) is 0 Å². The molecule has 0 unspecified atom stereocenters. The molecular weight excluding hydrogens is 204 g/mol. The molecule has 0 amide bonds. The second-order valence-corrected chi connectivity index (χ2v) is 5.10. The van der Waals surface area contributed by atoms with E-state index in [-0.39, 0.29) is 0 Å². The fourth-order valence-electron chi connectivity index (χ4n) is 2.36. The smallest absolute Gasteiger partial charge is 0.0283 e. The minimum absolute atomic E-state index is 0.426. The van der Waals surface area contributed by atoms with E-state index in [0.717, 1.165) is 12.3 Å². The Bertz CT molecular complexity index is 303. The number of aryl methyl sites for hydroxylation is 1. The minimum Gasteiger partial charge on any atom is -0.126 e. The van der Waals surface area contributed by atoms with Crippen LogP contribution in [0, 0.1) is 5.41 Å². The van der Waals surface area contributed by atoms with Crippen molar-refractivity contribution < 1.29 is 0 Å². The van der Waals surface area contributed by atoms with Gasteiger partial charge < -0.3 is 0 Å². The highest BCUT2D eigenvalue weighted by atomic mass is 35.5. The number of benzene rings is 1. The van der Waals surface area contributed by atoms with Gasteiger partial charge in [0, 0.05) is 5.88 Å². The van der Waals surface area contributed by atoms with E-state index in [2.05, 4.69) is 31.2 Å². The molecular formula is C14H19Cl. The monoisotopic (exact) mass is 222 g/mol. The molecule has 0 aliphatic heterocycles. The zero-order chi connectivity index (χ0) is 10.7. The molecule has 0 nitrogen and oxygen atoms in total. The van der Waals surface area contributed by atoms with Gasteiger partial charge in [0.25, 0.3) is 0 Å². The van der Waals surface area contributed by atoms with E-state index in [1.807, 2.05) is 0 Å². The third-order valence-electron chi connectivity index (χ3n) is 3.71. The maximum absolute atomic E-state index is 6.07. The molecule has 1 aromatic rings. The molecule has 15 heavy (non-hydrogen) atoms. The van der Waals surface area contributed by atoms with Crippen molar-refractivity contribution in [3.05, 3.63) is 35.4 Å². The molecule has 0 radical (unpaired) electrons. The van der Waals surface area contributed by atoms with Crippen LogP contribution in [0.4, 0.5) is 0 Å². The van der Waals surface area contributed by atoms with Crippen LogP contribution < -0.4 is 0 Å². The molecule has 82 valence electrons. The quantitative estimate of drug-likeness (QED) is 0.670. The molecule has 0 aromatic heterocycles. The summed E-state index contributed by atoms with van der Waals surface area (Å²) in [5, 5.41) is 0. The van der Waals surface area contributed by atoms with Crippen molar-refractivity contribution in [2.24, 2.45) is 5.41 Å². The summed E-state index contributed by atoms with van der Waals surface area (Å²) in [4.78, 5) is 0. The topological polar surface area (TPSA) is 0 Å². The highest BCUT2D eigenvalue weighted by Crippen LogP contribution is 2.44. The van der Waals surface area contributed by atoms with Gasteiger partial charge in [-0.25, -0.2) is 0 Å². The molecule has 0 spiro atoms. The SMILES string of the molecule is CCc1ccc(CC2(CCl)CCC2)cc1. The maximum Gasteiger partial charge on any atom is 0.0283 e. The summed E-state index contributed by atoms with van der Waals surface area (Å²) in [5.41, 5.74) is 3.30. The summed E-state index contributed by atoms with van der Waals surface area (Å²) in [5.74, 6) is 0.822. The summed E-state index contributed by atoms with van der Waals surface area (Å²) in [6, 6.07) is 9.03. The van der Waals surface area contributed by atoms with Crippen molar-refractivity contribution >= 4 is 11.6 Å². The van der Waals surface area contributed by atoms with Crippen molar-refractivity contribution in [1.29, 1.82) is 0 Å². The highest BCUT2D eigenvalue weighted by Gasteiger charge is 2.35. The van der Waals surface area contributed by atoms with Gasteiger partial charge in [-0.1, -0.05) is 37.6 Å². The van der Waals surface area contributed by atoms with Gasteiger partial charge in [0.1, 0.15) is 0 Å². The summed E-state index contributed by atoms with van der Waals surface area (Å²) >= 11 is 6.07. The van der Waals surface area contributed by atoms with Crippen LogP contribution in [0.25, 0.3) is 0 Å². The Kier molecular flexibility index (Phi) is 3.35. The predicted molar refractivity (Wildman–Crippen MR) is 66.5 cm³/mol. The molecule has 1 aliphatic carbocycles. The third kappa shape index (κ3) is 2.36. The van der Waals surface area contributed by atoms with Gasteiger partial charge in [-0.2, -0.15) is 0 Å². The van der Waals surface area contributed by atoms with Crippen LogP contribution in [0.1, 0.15) is 37.3 Å². The lowest BCUT2D eigenvalue weighted by molar-refractivity contribution is 0.166. The Labute approximate surface area is 97.6 Å². The zero-order valence-corrected chi connectivity index (χ0v) is 10.2. The molecule has 2 rings (SSSR count). The number of hydrogen-bond donors (Lipinski definition) is 0. The van der Waals surface area contributed by atoms with E-state index in [1.165, 1.54) is 36.8 Å². The van der Waals surface area contributed by atoms with Gasteiger partial charge in [-0.15, -0.1) is 11.6 Å². The number of rotatable bonds is 4. The Hall–Kier alpha value is -0.490. The normalized spacial score (nSPS) is 18.5. The molecule has 0 N–H and O–H groups in total. The van der Waals surface area contributed by atoms with Gasteiger partial charge in [0.15, 0.2) is 0 Å². The summed E-state index contributed by atoms with van der Waals surface area (Å²) in [6.45, 7) is 2.20. The number of alkyl halides is 1. The summed E-state index contributed by atoms with van der Waals surface area (Å²) < 4.78 is 0. The van der Waals surface area contributed by atoms with E-state index in [0.29, 0.717) is 5.41 Å². The first-order chi connectivity index (χ1) is 7.28. The van der Waals surface area contributed by atoms with Gasteiger partial charge >= 0.3 is 0 Å². The molecule has 0 saturated heterocycles. The predicted octanol–water partition coefficient (Wildman–Crippen LogP) is 4.20. The van der Waals surface area contributed by atoms with Crippen molar-refractivity contribution in [3.8, 4) is 0 Å². The minimum atomic E-state index is 0.426. The van der Waals surface area contributed by atoms with E-state index < -0.39 is 0 Å². The second kappa shape index (κ2) is 4.57. The lowest BCUT2D eigenvalue weighted by Crippen LogP contribution is -2.33. The van der Waals surface area contributed by atoms with E-state index in [4.69, 9.17) is 11.6 Å². The standard InChI is InChI=1S/C14H19Cl/c1-2-12-4-6-13(7-5-12)10-14(11-15)8-3-9-14/h4-7H,2-3,8-11H2,1H3. The van der Waals surface area contributed by atoms with Gasteiger partial charge in [0.2, 0.25) is 0 Å². The average molecular weight is 223 g/mol. The first-order valence-corrected chi connectivity index (χ1v) is 6.45. The summed E-state index contributed by atoms with van der Waals surface area (Å²) in [7, 11) is 0. The lowest BCUT2D eigenvalue weighted by atomic mass is 9.67. The van der Waals surface area contributed by atoms with Crippen molar-refractivity contribution in [2.75, 3.05) is 5.88 Å². The summed E-state index contributed by atoms with van der Waals surface area (Å²) in [6.07, 6.45) is 6.28. The van der Waals surface area contributed by atoms with Crippen molar-refractivity contribution in [1.82, 2.24) is 0 Å². The lowest BCUT2D eigenvalue weighted by Gasteiger charge is -2.40. The van der Waals surface area contributed by atoms with Crippen LogP contribution in [-0.4, -0.2) is 5.88 Å². The Morgan fingerprint density at radius 3 is 2.13 bits per heavy atom. The zero-order valence-electron chi connectivity index (χ0n) is 9.43. The molecule has 0 bridgehead atoms. The first-order valence-electron chi connectivity index (χ1n) is 5.92. The van der Waals surface area contributed by atoms with Crippen LogP contribution in [0.15, 0.2) is 24.3 Å². The largest absolute Gasteiger partial charge is 0.126 e. The van der Waals surface area contributed by atoms with Crippen LogP contribution >= 0.6 is 11.6 Å². The van der Waals surface area contributed by atoms with Gasteiger partial charge in [-0.3, -0.25) is 0 Å². The molecule has 0 atom stereocenters. The molecule has 1 fully saturated rings.